The number of para-hydroxylation sites is 2. The van der Waals surface area contributed by atoms with E-state index >= 15 is 0 Å². The van der Waals surface area contributed by atoms with Gasteiger partial charge in [-0.1, -0.05) is 117 Å². The molecule has 52 heavy (non-hydrogen) atoms. The molecule has 2 aromatic heterocycles. The molecule has 0 spiro atoms. The minimum atomic E-state index is -0.132. The van der Waals surface area contributed by atoms with Crippen LogP contribution in [0.15, 0.2) is 173 Å². The minimum Gasteiger partial charge on any atom is -0.456 e. The maximum Gasteiger partial charge on any atom is 0.145 e. The average molecular weight is 668 g/mol. The highest BCUT2D eigenvalue weighted by atomic mass is 16.3. The third kappa shape index (κ3) is 4.08. The summed E-state index contributed by atoms with van der Waals surface area (Å²) in [6.07, 6.45) is 0. The predicted molar refractivity (Wildman–Crippen MR) is 216 cm³/mol. The first-order chi connectivity index (χ1) is 25.5. The molecule has 0 aliphatic heterocycles. The molecule has 0 radical (unpaired) electrons. The third-order valence-electron chi connectivity index (χ3n) is 11.2. The second-order valence-corrected chi connectivity index (χ2v) is 14.5. The molecule has 1 aliphatic rings. The average Bonchev–Trinajstić information content (AvgIpc) is 3.83. The van der Waals surface area contributed by atoms with Gasteiger partial charge in [-0.25, -0.2) is 0 Å². The standard InChI is InChI=1S/C49H33NO2/c1-49(2)39-18-10-8-16-35(39)36-23-22-34(29-40(36)49)50(33-14-4-3-5-15-33)41-25-24-38-47-44(27-26-43-46(47)37-17-9-11-19-42(37)51-43)52-48(38)45(41)32-21-20-30-12-6-7-13-31(30)28-32/h3-29H,1-2H3. The second kappa shape index (κ2) is 10.7. The van der Waals surface area contributed by atoms with Crippen molar-refractivity contribution in [3.05, 3.63) is 175 Å². The Morgan fingerprint density at radius 1 is 0.462 bits per heavy atom. The first kappa shape index (κ1) is 29.2. The van der Waals surface area contributed by atoms with E-state index in [4.69, 9.17) is 8.83 Å². The molecule has 3 heteroatoms. The normalized spacial score (nSPS) is 13.3. The zero-order valence-corrected chi connectivity index (χ0v) is 28.9. The van der Waals surface area contributed by atoms with E-state index in [-0.39, 0.29) is 5.41 Å². The fraction of sp³-hybridized carbons (Fsp3) is 0.0612. The lowest BCUT2D eigenvalue weighted by Gasteiger charge is -2.30. The van der Waals surface area contributed by atoms with Crippen LogP contribution in [-0.2, 0) is 5.41 Å². The largest absolute Gasteiger partial charge is 0.456 e. The number of hydrogen-bond acceptors (Lipinski definition) is 3. The third-order valence-corrected chi connectivity index (χ3v) is 11.2. The first-order valence-electron chi connectivity index (χ1n) is 17.9. The molecule has 1 aliphatic carbocycles. The van der Waals surface area contributed by atoms with Gasteiger partial charge in [0, 0.05) is 43.9 Å². The molecule has 0 fully saturated rings. The van der Waals surface area contributed by atoms with Crippen LogP contribution in [0.5, 0.6) is 0 Å². The van der Waals surface area contributed by atoms with E-state index in [1.807, 2.05) is 18.2 Å². The van der Waals surface area contributed by atoms with Crippen LogP contribution in [0, 0.1) is 0 Å². The highest BCUT2D eigenvalue weighted by molar-refractivity contribution is 6.27. The fourth-order valence-electron chi connectivity index (χ4n) is 8.78. The molecular weight excluding hydrogens is 635 g/mol. The van der Waals surface area contributed by atoms with Gasteiger partial charge >= 0.3 is 0 Å². The van der Waals surface area contributed by atoms with Crippen molar-refractivity contribution in [1.29, 1.82) is 0 Å². The minimum absolute atomic E-state index is 0.132. The predicted octanol–water partition coefficient (Wildman–Crippen LogP) is 14.1. The van der Waals surface area contributed by atoms with Crippen LogP contribution in [0.1, 0.15) is 25.0 Å². The van der Waals surface area contributed by atoms with E-state index in [9.17, 15) is 0 Å². The van der Waals surface area contributed by atoms with Crippen molar-refractivity contribution in [3.8, 4) is 22.3 Å². The number of nitrogens with zero attached hydrogens (tertiary/aromatic N) is 1. The molecule has 8 aromatic carbocycles. The summed E-state index contributed by atoms with van der Waals surface area (Å²) in [6.45, 7) is 4.69. The van der Waals surface area contributed by atoms with Gasteiger partial charge < -0.3 is 13.7 Å². The van der Waals surface area contributed by atoms with Gasteiger partial charge in [0.2, 0.25) is 0 Å². The van der Waals surface area contributed by atoms with E-state index < -0.39 is 0 Å². The van der Waals surface area contributed by atoms with Gasteiger partial charge in [-0.3, -0.25) is 0 Å². The number of anilines is 3. The molecule has 2 heterocycles. The Labute approximate surface area is 301 Å². The van der Waals surface area contributed by atoms with Crippen molar-refractivity contribution in [2.45, 2.75) is 19.3 Å². The molecule has 0 saturated heterocycles. The second-order valence-electron chi connectivity index (χ2n) is 14.5. The maximum atomic E-state index is 7.02. The van der Waals surface area contributed by atoms with Crippen LogP contribution in [0.4, 0.5) is 17.1 Å². The Balaban J connectivity index is 1.24. The molecule has 3 nitrogen and oxygen atoms in total. The van der Waals surface area contributed by atoms with Gasteiger partial charge in [-0.05, 0) is 99.3 Å². The summed E-state index contributed by atoms with van der Waals surface area (Å²) in [4.78, 5) is 2.40. The number of hydrogen-bond donors (Lipinski definition) is 0. The lowest BCUT2D eigenvalue weighted by atomic mass is 9.82. The van der Waals surface area contributed by atoms with Crippen LogP contribution < -0.4 is 4.90 Å². The van der Waals surface area contributed by atoms with Crippen molar-refractivity contribution in [1.82, 2.24) is 0 Å². The van der Waals surface area contributed by atoms with Crippen molar-refractivity contribution in [2.24, 2.45) is 0 Å². The Bertz CT molecular complexity index is 3050. The summed E-state index contributed by atoms with van der Waals surface area (Å²) in [6, 6.07) is 58.7. The molecule has 0 unspecified atom stereocenters. The van der Waals surface area contributed by atoms with Crippen molar-refractivity contribution in [2.75, 3.05) is 4.90 Å². The summed E-state index contributed by atoms with van der Waals surface area (Å²) in [5.41, 5.74) is 14.0. The highest BCUT2D eigenvalue weighted by Gasteiger charge is 2.36. The fourth-order valence-corrected chi connectivity index (χ4v) is 8.78. The number of rotatable bonds is 4. The quantitative estimate of drug-likeness (QED) is 0.187. The number of furan rings is 2. The van der Waals surface area contributed by atoms with Crippen LogP contribution in [0.2, 0.25) is 0 Å². The molecule has 0 bridgehead atoms. The van der Waals surface area contributed by atoms with Crippen LogP contribution >= 0.6 is 0 Å². The van der Waals surface area contributed by atoms with Gasteiger partial charge in [0.15, 0.2) is 0 Å². The van der Waals surface area contributed by atoms with E-state index in [0.717, 1.165) is 72.1 Å². The van der Waals surface area contributed by atoms with Gasteiger partial charge in [-0.15, -0.1) is 0 Å². The Morgan fingerprint density at radius 3 is 2.06 bits per heavy atom. The molecule has 246 valence electrons. The van der Waals surface area contributed by atoms with Crippen LogP contribution in [-0.4, -0.2) is 0 Å². The molecular formula is C49H33NO2. The lowest BCUT2D eigenvalue weighted by Crippen LogP contribution is -2.16. The first-order valence-corrected chi connectivity index (χ1v) is 17.9. The van der Waals surface area contributed by atoms with Gasteiger partial charge in [-0.2, -0.15) is 0 Å². The Kier molecular flexibility index (Phi) is 6.01. The van der Waals surface area contributed by atoms with Gasteiger partial charge in [0.1, 0.15) is 22.3 Å². The van der Waals surface area contributed by atoms with Gasteiger partial charge in [0.25, 0.3) is 0 Å². The van der Waals surface area contributed by atoms with E-state index in [1.165, 1.54) is 33.0 Å². The zero-order valence-electron chi connectivity index (χ0n) is 28.9. The monoisotopic (exact) mass is 667 g/mol. The molecule has 0 atom stereocenters. The maximum absolute atomic E-state index is 7.02. The summed E-state index contributed by atoms with van der Waals surface area (Å²) in [5.74, 6) is 0. The van der Waals surface area contributed by atoms with Crippen molar-refractivity contribution < 1.29 is 8.83 Å². The molecule has 10 aromatic rings. The molecule has 0 saturated carbocycles. The van der Waals surface area contributed by atoms with Crippen LogP contribution in [0.3, 0.4) is 0 Å². The molecule has 0 amide bonds. The summed E-state index contributed by atoms with van der Waals surface area (Å²) in [5, 5.41) is 6.72. The summed E-state index contributed by atoms with van der Waals surface area (Å²) < 4.78 is 13.4. The Morgan fingerprint density at radius 2 is 1.17 bits per heavy atom. The smallest absolute Gasteiger partial charge is 0.145 e. The van der Waals surface area contributed by atoms with Gasteiger partial charge in [0.05, 0.1) is 5.69 Å². The highest BCUT2D eigenvalue weighted by Crippen LogP contribution is 2.53. The van der Waals surface area contributed by atoms with Crippen molar-refractivity contribution in [3.63, 3.8) is 0 Å². The van der Waals surface area contributed by atoms with Crippen molar-refractivity contribution >= 4 is 71.7 Å². The zero-order chi connectivity index (χ0) is 34.6. The molecule has 0 N–H and O–H groups in total. The number of fused-ring (bicyclic) bond motifs is 11. The molecule has 11 rings (SSSR count). The lowest BCUT2D eigenvalue weighted by molar-refractivity contribution is 0.660. The van der Waals surface area contributed by atoms with E-state index in [1.54, 1.807) is 0 Å². The SMILES string of the molecule is CC1(C)c2ccccc2-c2ccc(N(c3ccccc3)c3ccc4c(oc5ccc6oc7ccccc7c6c54)c3-c3ccc4ccccc4c3)cc21. The van der Waals surface area contributed by atoms with E-state index in [0.29, 0.717) is 0 Å². The summed E-state index contributed by atoms with van der Waals surface area (Å²) in [7, 11) is 0. The topological polar surface area (TPSA) is 29.5 Å². The van der Waals surface area contributed by atoms with E-state index in [2.05, 4.69) is 164 Å². The van der Waals surface area contributed by atoms with Crippen LogP contribution in [0.25, 0.3) is 76.9 Å². The number of benzene rings is 8. The summed E-state index contributed by atoms with van der Waals surface area (Å²) >= 11 is 0. The Hall–Kier alpha value is -6.58.